The van der Waals surface area contributed by atoms with Crippen LogP contribution in [0.5, 0.6) is 0 Å². The van der Waals surface area contributed by atoms with Crippen molar-refractivity contribution in [1.82, 2.24) is 18.5 Å². The molecule has 0 aromatic carbocycles. The molecule has 0 bridgehead atoms. The van der Waals surface area contributed by atoms with Crippen molar-refractivity contribution in [2.24, 2.45) is 0 Å². The van der Waals surface area contributed by atoms with Crippen molar-refractivity contribution >= 4 is 0 Å². The van der Waals surface area contributed by atoms with Crippen molar-refractivity contribution < 1.29 is 14.1 Å². The molecule has 3 nitrogen and oxygen atoms in total. The second-order valence-corrected chi connectivity index (χ2v) is 0. The maximum atomic E-state index is 3.00. The molecule has 0 heterocycles. The molecular formula is C4H20F3N3. The van der Waals surface area contributed by atoms with E-state index in [0.29, 0.717) is 0 Å². The van der Waals surface area contributed by atoms with E-state index in [1.54, 1.807) is 0 Å². The highest BCUT2D eigenvalue weighted by molar-refractivity contribution is 4.22. The number of rotatable bonds is 0. The van der Waals surface area contributed by atoms with Crippen LogP contribution in [0, 0.1) is 0 Å². The van der Waals surface area contributed by atoms with Crippen LogP contribution in [0.15, 0.2) is 26.3 Å². The van der Waals surface area contributed by atoms with Crippen LogP contribution in [0.25, 0.3) is 0 Å². The van der Waals surface area contributed by atoms with Crippen molar-refractivity contribution in [2.75, 3.05) is 0 Å². The Hall–Kier alpha value is -0.850. The fraction of sp³-hybridized carbons (Fsp3) is 0. The van der Waals surface area contributed by atoms with Gasteiger partial charge in [0.1, 0.15) is 0 Å². The summed E-state index contributed by atoms with van der Waals surface area (Å²) in [6.07, 6.45) is 0. The van der Waals surface area contributed by atoms with Crippen LogP contribution in [0.2, 0.25) is 0 Å². The molecule has 0 saturated carbocycles. The molecule has 0 rings (SSSR count). The minimum absolute atomic E-state index is 0. The minimum atomic E-state index is 0. The maximum Gasteiger partial charge on any atom is -0.106 e. The summed E-state index contributed by atoms with van der Waals surface area (Å²) in [5.74, 6) is 0. The van der Waals surface area contributed by atoms with Crippen molar-refractivity contribution in [3.8, 4) is 0 Å². The van der Waals surface area contributed by atoms with Gasteiger partial charge in [0.25, 0.3) is 0 Å². The smallest absolute Gasteiger partial charge is 0.106 e. The van der Waals surface area contributed by atoms with Crippen molar-refractivity contribution in [3.05, 3.63) is 26.3 Å². The van der Waals surface area contributed by atoms with E-state index in [1.807, 2.05) is 0 Å². The summed E-state index contributed by atoms with van der Waals surface area (Å²) in [6.45, 7) is 12.0. The lowest BCUT2D eigenvalue weighted by atomic mass is 11.3. The molecule has 0 aliphatic rings. The second-order valence-electron chi connectivity index (χ2n) is 0. The Kier molecular flexibility index (Phi) is 26500. The molecule has 0 saturated heterocycles. The van der Waals surface area contributed by atoms with E-state index < -0.39 is 0 Å². The SMILES string of the molecule is C=C.C=C.[F-].[F-].[F-].[NH4+].[NH4+].[NH4+]. The molecule has 0 aliphatic carbocycles. The van der Waals surface area contributed by atoms with Gasteiger partial charge in [-0.2, -0.15) is 0 Å². The molecule has 6 heteroatoms. The highest BCUT2D eigenvalue weighted by Gasteiger charge is 0.603. The molecule has 12 N–H and O–H groups in total. The normalized spacial score (nSPS) is 0.800. The first-order chi connectivity index (χ1) is 2.00. The average Bonchev–Trinajstić information content (AvgIpc) is 1.50. The number of quaternary nitrogens is 3. The Balaban J connectivity index is -0.000000000833. The minimum Gasteiger partial charge on any atom is -1.00 e. The number of halogens is 3. The van der Waals surface area contributed by atoms with E-state index in [4.69, 9.17) is 0 Å². The summed E-state index contributed by atoms with van der Waals surface area (Å²) in [6, 6.07) is 0. The summed E-state index contributed by atoms with van der Waals surface area (Å²) < 4.78 is 0. The van der Waals surface area contributed by atoms with Crippen LogP contribution < -0.4 is 32.6 Å². The van der Waals surface area contributed by atoms with Crippen molar-refractivity contribution in [1.29, 1.82) is 0 Å². The average molecular weight is 167 g/mol. The van der Waals surface area contributed by atoms with Gasteiger partial charge in [0.2, 0.25) is 0 Å². The second kappa shape index (κ2) is 577. The van der Waals surface area contributed by atoms with Crippen LogP contribution in [0.1, 0.15) is 0 Å². The van der Waals surface area contributed by atoms with E-state index in [2.05, 4.69) is 26.3 Å². The van der Waals surface area contributed by atoms with E-state index in [1.165, 1.54) is 0 Å². The summed E-state index contributed by atoms with van der Waals surface area (Å²) >= 11 is 0. The summed E-state index contributed by atoms with van der Waals surface area (Å²) in [5.41, 5.74) is 0. The monoisotopic (exact) mass is 167 g/mol. The van der Waals surface area contributed by atoms with Crippen LogP contribution >= 0.6 is 0 Å². The van der Waals surface area contributed by atoms with Gasteiger partial charge >= 0.3 is 0 Å². The van der Waals surface area contributed by atoms with Crippen LogP contribution in [0.3, 0.4) is 0 Å². The zero-order chi connectivity index (χ0) is 4.00. The molecule has 10 heavy (non-hydrogen) atoms. The zero-order valence-electron chi connectivity index (χ0n) is 6.96. The summed E-state index contributed by atoms with van der Waals surface area (Å²) in [4.78, 5) is 0. The molecule has 0 fully saturated rings. The molecule has 0 aliphatic heterocycles. The van der Waals surface area contributed by atoms with E-state index in [-0.39, 0.29) is 32.6 Å². The Morgan fingerprint density at radius 3 is 0.400 bits per heavy atom. The summed E-state index contributed by atoms with van der Waals surface area (Å²) in [5, 5.41) is 0. The van der Waals surface area contributed by atoms with Gasteiger partial charge in [-0.05, 0) is 0 Å². The fourth-order valence-corrected chi connectivity index (χ4v) is 0. The Morgan fingerprint density at radius 1 is 0.400 bits per heavy atom. The molecule has 0 spiro atoms. The Morgan fingerprint density at radius 2 is 0.400 bits per heavy atom. The molecule has 0 radical (unpaired) electrons. The van der Waals surface area contributed by atoms with Gasteiger partial charge in [-0.15, -0.1) is 26.3 Å². The Labute approximate surface area is 60.1 Å². The predicted molar refractivity (Wildman–Crippen MR) is 40.5 cm³/mol. The highest BCUT2D eigenvalue weighted by atomic mass is 19.0. The number of hydrogen-bond acceptors (Lipinski definition) is 0. The first kappa shape index (κ1) is 460. The van der Waals surface area contributed by atoms with Gasteiger partial charge in [-0.25, -0.2) is 0 Å². The van der Waals surface area contributed by atoms with Gasteiger partial charge in [0.05, 0.1) is 0 Å². The molecule has 72 valence electrons. The Bertz CT molecular complexity index is 17.7. The van der Waals surface area contributed by atoms with Crippen LogP contribution in [0.4, 0.5) is 0 Å². The molecule has 0 aromatic rings. The van der Waals surface area contributed by atoms with Crippen LogP contribution in [-0.4, -0.2) is 0 Å². The zero-order valence-corrected chi connectivity index (χ0v) is 6.96. The van der Waals surface area contributed by atoms with Gasteiger partial charge in [0.15, 0.2) is 0 Å². The maximum absolute atomic E-state index is 3.00. The third kappa shape index (κ3) is 374. The first-order valence-corrected chi connectivity index (χ1v) is 1.000. The highest BCUT2D eigenvalue weighted by Crippen LogP contribution is 0.864. The van der Waals surface area contributed by atoms with Crippen molar-refractivity contribution in [3.63, 3.8) is 0 Å². The fourth-order valence-electron chi connectivity index (χ4n) is 0. The van der Waals surface area contributed by atoms with Gasteiger partial charge in [0, 0.05) is 0 Å². The third-order valence-corrected chi connectivity index (χ3v) is 0. The third-order valence-electron chi connectivity index (χ3n) is 0. The molecule has 0 atom stereocenters. The summed E-state index contributed by atoms with van der Waals surface area (Å²) in [7, 11) is 0. The first-order valence-electron chi connectivity index (χ1n) is 1.000. The molecular weight excluding hydrogens is 147 g/mol. The molecule has 0 unspecified atom stereocenters. The van der Waals surface area contributed by atoms with E-state index in [0.717, 1.165) is 0 Å². The molecule has 0 amide bonds. The van der Waals surface area contributed by atoms with Gasteiger partial charge in [-0.3, -0.25) is 0 Å². The lowest BCUT2D eigenvalue weighted by molar-refractivity contribution is -0.00100. The van der Waals surface area contributed by atoms with E-state index in [9.17, 15) is 0 Å². The van der Waals surface area contributed by atoms with Crippen LogP contribution in [-0.2, 0) is 0 Å². The predicted octanol–water partition coefficient (Wildman–Crippen LogP) is -6.26. The molecule has 0 aromatic heterocycles. The van der Waals surface area contributed by atoms with Crippen molar-refractivity contribution in [2.45, 2.75) is 0 Å². The van der Waals surface area contributed by atoms with E-state index >= 15 is 0 Å². The lowest BCUT2D eigenvalue weighted by Gasteiger charge is -1.00. The standard InChI is InChI=1S/2C2H4.3FH.3H3N/c2*1-2;;;;;;/h2*1-2H2;3*1H;3*1H3. The van der Waals surface area contributed by atoms with Gasteiger partial charge in [-0.1, -0.05) is 0 Å². The number of hydrogen-bond donors (Lipinski definition) is 3. The largest absolute Gasteiger partial charge is 1.00 e. The lowest BCUT2D eigenvalue weighted by Crippen LogP contribution is -3.00. The quantitative estimate of drug-likeness (QED) is 0.298. The topological polar surface area (TPSA) is 110 Å². The van der Waals surface area contributed by atoms with Gasteiger partial charge < -0.3 is 32.6 Å².